The maximum Gasteiger partial charge on any atom is 0.272 e. The third kappa shape index (κ3) is 4.67. The Bertz CT molecular complexity index is 473. The van der Waals surface area contributed by atoms with E-state index in [0.717, 1.165) is 44.6 Å². The molecule has 0 atom stereocenters. The standard InChI is InChI=1S/C15H24N4O2/c1-12-11-13(14(20)19-8-4-3-5-9-19)18-15(17-12)16-7-6-10-21-2/h11H,3-10H2,1-2H3,(H,16,17,18). The second kappa shape index (κ2) is 7.93. The van der Waals surface area contributed by atoms with Crippen LogP contribution in [-0.4, -0.2) is 54.1 Å². The second-order valence-electron chi connectivity index (χ2n) is 5.34. The lowest BCUT2D eigenvalue weighted by atomic mass is 10.1. The number of nitrogens with zero attached hydrogens (tertiary/aromatic N) is 3. The summed E-state index contributed by atoms with van der Waals surface area (Å²) in [5, 5.41) is 3.15. The van der Waals surface area contributed by atoms with Crippen LogP contribution in [0.3, 0.4) is 0 Å². The molecule has 0 aromatic carbocycles. The molecule has 0 radical (unpaired) electrons. The Morgan fingerprint density at radius 1 is 1.33 bits per heavy atom. The lowest BCUT2D eigenvalue weighted by Gasteiger charge is -2.26. The number of hydrogen-bond donors (Lipinski definition) is 1. The largest absolute Gasteiger partial charge is 0.385 e. The number of carbonyl (C=O) groups excluding carboxylic acids is 1. The average Bonchev–Trinajstić information content (AvgIpc) is 2.51. The zero-order chi connectivity index (χ0) is 15.1. The first kappa shape index (κ1) is 15.7. The van der Waals surface area contributed by atoms with Gasteiger partial charge in [0.2, 0.25) is 5.95 Å². The predicted molar refractivity (Wildman–Crippen MR) is 81.5 cm³/mol. The predicted octanol–water partition coefficient (Wildman–Crippen LogP) is 1.86. The van der Waals surface area contributed by atoms with Crippen LogP contribution >= 0.6 is 0 Å². The van der Waals surface area contributed by atoms with Crippen LogP contribution in [-0.2, 0) is 4.74 Å². The number of aryl methyl sites for hydroxylation is 1. The Morgan fingerprint density at radius 3 is 2.81 bits per heavy atom. The topological polar surface area (TPSA) is 67.3 Å². The zero-order valence-corrected chi connectivity index (χ0v) is 12.9. The molecule has 1 saturated heterocycles. The van der Waals surface area contributed by atoms with E-state index in [2.05, 4.69) is 15.3 Å². The van der Waals surface area contributed by atoms with Crippen molar-refractivity contribution < 1.29 is 9.53 Å². The molecule has 0 unspecified atom stereocenters. The van der Waals surface area contributed by atoms with Gasteiger partial charge in [0.15, 0.2) is 0 Å². The molecule has 6 nitrogen and oxygen atoms in total. The van der Waals surface area contributed by atoms with Gasteiger partial charge in [-0.05, 0) is 38.7 Å². The van der Waals surface area contributed by atoms with Gasteiger partial charge in [0.05, 0.1) is 0 Å². The Morgan fingerprint density at radius 2 is 2.10 bits per heavy atom. The number of amides is 1. The smallest absolute Gasteiger partial charge is 0.272 e. The van der Waals surface area contributed by atoms with Crippen molar-refractivity contribution in [2.24, 2.45) is 0 Å². The van der Waals surface area contributed by atoms with Crippen molar-refractivity contribution in [2.75, 3.05) is 38.7 Å². The number of piperidine rings is 1. The second-order valence-corrected chi connectivity index (χ2v) is 5.34. The maximum atomic E-state index is 12.5. The summed E-state index contributed by atoms with van der Waals surface area (Å²) in [6.45, 7) is 4.97. The van der Waals surface area contributed by atoms with Crippen molar-refractivity contribution in [2.45, 2.75) is 32.6 Å². The number of carbonyl (C=O) groups is 1. The minimum atomic E-state index is 0.0140. The van der Waals surface area contributed by atoms with E-state index in [1.165, 1.54) is 6.42 Å². The fourth-order valence-corrected chi connectivity index (χ4v) is 2.43. The van der Waals surface area contributed by atoms with Gasteiger partial charge in [0.1, 0.15) is 5.69 Å². The van der Waals surface area contributed by atoms with Crippen LogP contribution in [0.5, 0.6) is 0 Å². The molecule has 1 aromatic rings. The Hall–Kier alpha value is -1.69. The average molecular weight is 292 g/mol. The van der Waals surface area contributed by atoms with Crippen LogP contribution in [0.4, 0.5) is 5.95 Å². The van der Waals surface area contributed by atoms with Crippen LogP contribution in [0.15, 0.2) is 6.07 Å². The molecule has 2 rings (SSSR count). The van der Waals surface area contributed by atoms with Crippen molar-refractivity contribution in [3.05, 3.63) is 17.5 Å². The number of rotatable bonds is 6. The summed E-state index contributed by atoms with van der Waals surface area (Å²) in [4.78, 5) is 23.0. The fraction of sp³-hybridized carbons (Fsp3) is 0.667. The number of likely N-dealkylation sites (tertiary alicyclic amines) is 1. The summed E-state index contributed by atoms with van der Waals surface area (Å²) in [5.41, 5.74) is 1.29. The first-order chi connectivity index (χ1) is 10.2. The highest BCUT2D eigenvalue weighted by molar-refractivity contribution is 5.92. The minimum absolute atomic E-state index is 0.0140. The van der Waals surface area contributed by atoms with E-state index >= 15 is 0 Å². The molecular formula is C15H24N4O2. The summed E-state index contributed by atoms with van der Waals surface area (Å²) >= 11 is 0. The van der Waals surface area contributed by atoms with Crippen molar-refractivity contribution in [1.29, 1.82) is 0 Å². The summed E-state index contributed by atoms with van der Waals surface area (Å²) in [6.07, 6.45) is 4.25. The molecule has 1 aliphatic rings. The van der Waals surface area contributed by atoms with Crippen molar-refractivity contribution in [3.63, 3.8) is 0 Å². The van der Waals surface area contributed by atoms with E-state index in [-0.39, 0.29) is 5.91 Å². The third-order valence-electron chi connectivity index (χ3n) is 3.52. The summed E-state index contributed by atoms with van der Waals surface area (Å²) in [7, 11) is 1.68. The van der Waals surface area contributed by atoms with Crippen LogP contribution < -0.4 is 5.32 Å². The number of hydrogen-bond acceptors (Lipinski definition) is 5. The van der Waals surface area contributed by atoms with Crippen molar-refractivity contribution >= 4 is 11.9 Å². The van der Waals surface area contributed by atoms with Crippen LogP contribution in [0.1, 0.15) is 41.9 Å². The molecule has 1 aliphatic heterocycles. The van der Waals surface area contributed by atoms with Gasteiger partial charge in [-0.25, -0.2) is 9.97 Å². The number of ether oxygens (including phenoxy) is 1. The molecule has 1 N–H and O–H groups in total. The van der Waals surface area contributed by atoms with Gasteiger partial charge in [-0.2, -0.15) is 0 Å². The fourth-order valence-electron chi connectivity index (χ4n) is 2.43. The molecule has 21 heavy (non-hydrogen) atoms. The van der Waals surface area contributed by atoms with Gasteiger partial charge in [0, 0.05) is 39.0 Å². The lowest BCUT2D eigenvalue weighted by molar-refractivity contribution is 0.0718. The summed E-state index contributed by atoms with van der Waals surface area (Å²) in [5.74, 6) is 0.534. The normalized spacial score (nSPS) is 15.0. The SMILES string of the molecule is COCCCNc1nc(C)cc(C(=O)N2CCCCC2)n1. The number of methoxy groups -OCH3 is 1. The van der Waals surface area contributed by atoms with Crippen molar-refractivity contribution in [3.8, 4) is 0 Å². The first-order valence-corrected chi connectivity index (χ1v) is 7.58. The summed E-state index contributed by atoms with van der Waals surface area (Å²) < 4.78 is 5.00. The number of anilines is 1. The van der Waals surface area contributed by atoms with Gasteiger partial charge >= 0.3 is 0 Å². The first-order valence-electron chi connectivity index (χ1n) is 7.58. The molecule has 0 saturated carbocycles. The number of aromatic nitrogens is 2. The maximum absolute atomic E-state index is 12.5. The highest BCUT2D eigenvalue weighted by atomic mass is 16.5. The molecule has 1 aromatic heterocycles. The van der Waals surface area contributed by atoms with Gasteiger partial charge in [-0.15, -0.1) is 0 Å². The lowest BCUT2D eigenvalue weighted by Crippen LogP contribution is -2.36. The highest BCUT2D eigenvalue weighted by Crippen LogP contribution is 2.13. The molecule has 0 aliphatic carbocycles. The molecule has 1 amide bonds. The van der Waals surface area contributed by atoms with E-state index in [1.807, 2.05) is 11.8 Å². The third-order valence-corrected chi connectivity index (χ3v) is 3.52. The molecule has 0 bridgehead atoms. The van der Waals surface area contributed by atoms with Gasteiger partial charge in [0.25, 0.3) is 5.91 Å². The van der Waals surface area contributed by atoms with E-state index in [1.54, 1.807) is 13.2 Å². The van der Waals surface area contributed by atoms with Gasteiger partial charge < -0.3 is 15.0 Å². The number of nitrogens with one attached hydrogen (secondary N) is 1. The van der Waals surface area contributed by atoms with E-state index in [9.17, 15) is 4.79 Å². The quantitative estimate of drug-likeness (QED) is 0.811. The van der Waals surface area contributed by atoms with E-state index in [0.29, 0.717) is 18.2 Å². The highest BCUT2D eigenvalue weighted by Gasteiger charge is 2.20. The van der Waals surface area contributed by atoms with Crippen LogP contribution in [0, 0.1) is 6.92 Å². The molecule has 116 valence electrons. The van der Waals surface area contributed by atoms with Crippen molar-refractivity contribution in [1.82, 2.24) is 14.9 Å². The molecule has 6 heteroatoms. The molecular weight excluding hydrogens is 268 g/mol. The van der Waals surface area contributed by atoms with Crippen LogP contribution in [0.2, 0.25) is 0 Å². The Labute approximate surface area is 125 Å². The van der Waals surface area contributed by atoms with Gasteiger partial charge in [-0.3, -0.25) is 4.79 Å². The van der Waals surface area contributed by atoms with E-state index in [4.69, 9.17) is 4.74 Å². The molecule has 1 fully saturated rings. The summed E-state index contributed by atoms with van der Waals surface area (Å²) in [6, 6.07) is 1.76. The van der Waals surface area contributed by atoms with E-state index < -0.39 is 0 Å². The van der Waals surface area contributed by atoms with Crippen LogP contribution in [0.25, 0.3) is 0 Å². The Kier molecular flexibility index (Phi) is 5.92. The zero-order valence-electron chi connectivity index (χ0n) is 12.9. The molecule has 2 heterocycles. The van der Waals surface area contributed by atoms with Gasteiger partial charge in [-0.1, -0.05) is 0 Å². The Balaban J connectivity index is 2.01. The minimum Gasteiger partial charge on any atom is -0.385 e. The molecule has 0 spiro atoms. The monoisotopic (exact) mass is 292 g/mol.